The quantitative estimate of drug-likeness (QED) is 0.911. The van der Waals surface area contributed by atoms with E-state index < -0.39 is 11.7 Å². The highest BCUT2D eigenvalue weighted by Crippen LogP contribution is 2.37. The fraction of sp³-hybridized carbons (Fsp3) is 0.571. The van der Waals surface area contributed by atoms with Crippen LogP contribution in [-0.4, -0.2) is 19.7 Å². The lowest BCUT2D eigenvalue weighted by Gasteiger charge is -2.25. The van der Waals surface area contributed by atoms with Gasteiger partial charge in [0.1, 0.15) is 5.75 Å². The van der Waals surface area contributed by atoms with Crippen molar-refractivity contribution in [3.63, 3.8) is 0 Å². The molecule has 1 N–H and O–H groups in total. The highest BCUT2D eigenvalue weighted by Gasteiger charge is 2.35. The molecule has 0 aromatic heterocycles. The van der Waals surface area contributed by atoms with Gasteiger partial charge in [-0.3, -0.25) is 0 Å². The summed E-state index contributed by atoms with van der Waals surface area (Å²) in [5.74, 6) is 0.321. The molecule has 1 aromatic rings. The Labute approximate surface area is 111 Å². The Morgan fingerprint density at radius 3 is 2.68 bits per heavy atom. The maximum absolute atomic E-state index is 13.0. The van der Waals surface area contributed by atoms with Gasteiger partial charge in [0.05, 0.1) is 12.7 Å². The summed E-state index contributed by atoms with van der Waals surface area (Å²) in [4.78, 5) is 0. The van der Waals surface area contributed by atoms with Gasteiger partial charge in [-0.15, -0.1) is 0 Å². The Kier molecular flexibility index (Phi) is 4.34. The summed E-state index contributed by atoms with van der Waals surface area (Å²) in [5, 5.41) is 3.27. The average Bonchev–Trinajstić information content (AvgIpc) is 2.39. The van der Waals surface area contributed by atoms with Crippen LogP contribution >= 0.6 is 0 Å². The Balaban J connectivity index is 2.29. The predicted octanol–water partition coefficient (Wildman–Crippen LogP) is 3.40. The highest BCUT2D eigenvalue weighted by atomic mass is 19.4. The third kappa shape index (κ3) is 3.41. The molecule has 1 saturated heterocycles. The first-order valence-electron chi connectivity index (χ1n) is 6.49. The lowest BCUT2D eigenvalue weighted by molar-refractivity contribution is -0.138. The maximum atomic E-state index is 13.0. The molecule has 1 aromatic carbocycles. The summed E-state index contributed by atoms with van der Waals surface area (Å²) >= 11 is 0. The third-order valence-corrected chi connectivity index (χ3v) is 3.52. The molecule has 0 radical (unpaired) electrons. The van der Waals surface area contributed by atoms with Crippen LogP contribution in [0.3, 0.4) is 0 Å². The van der Waals surface area contributed by atoms with Crippen molar-refractivity contribution in [2.24, 2.45) is 0 Å². The van der Waals surface area contributed by atoms with Gasteiger partial charge in [-0.1, -0.05) is 12.5 Å². The molecular weight excluding hydrogens is 255 g/mol. The second kappa shape index (κ2) is 5.82. The van der Waals surface area contributed by atoms with Gasteiger partial charge >= 0.3 is 6.18 Å². The number of halogens is 3. The van der Waals surface area contributed by atoms with Gasteiger partial charge in [0, 0.05) is 11.6 Å². The molecule has 0 bridgehead atoms. The Bertz CT molecular complexity index is 425. The van der Waals surface area contributed by atoms with Crippen molar-refractivity contribution in [2.45, 2.75) is 37.9 Å². The number of hydrogen-bond donors (Lipinski definition) is 1. The number of piperidine rings is 1. The molecule has 19 heavy (non-hydrogen) atoms. The van der Waals surface area contributed by atoms with E-state index in [1.807, 2.05) is 0 Å². The van der Waals surface area contributed by atoms with Gasteiger partial charge in [-0.2, -0.15) is 13.2 Å². The number of alkyl halides is 3. The molecule has 2 rings (SSSR count). The van der Waals surface area contributed by atoms with E-state index in [1.54, 1.807) is 6.07 Å². The minimum Gasteiger partial charge on any atom is -0.496 e. The van der Waals surface area contributed by atoms with Crippen LogP contribution in [-0.2, 0) is 12.6 Å². The fourth-order valence-electron chi connectivity index (χ4n) is 2.58. The van der Waals surface area contributed by atoms with Crippen LogP contribution in [0.25, 0.3) is 0 Å². The van der Waals surface area contributed by atoms with Crippen molar-refractivity contribution in [1.82, 2.24) is 5.32 Å². The second-order valence-corrected chi connectivity index (χ2v) is 4.84. The first-order valence-corrected chi connectivity index (χ1v) is 6.49. The third-order valence-electron chi connectivity index (χ3n) is 3.52. The van der Waals surface area contributed by atoms with Crippen molar-refractivity contribution < 1.29 is 17.9 Å². The van der Waals surface area contributed by atoms with Crippen LogP contribution in [0.15, 0.2) is 18.2 Å². The second-order valence-electron chi connectivity index (χ2n) is 4.84. The number of rotatable bonds is 3. The number of methoxy groups -OCH3 is 1. The van der Waals surface area contributed by atoms with Crippen molar-refractivity contribution in [3.05, 3.63) is 29.3 Å². The minimum atomic E-state index is -4.33. The van der Waals surface area contributed by atoms with Gasteiger partial charge in [-0.05, 0) is 37.9 Å². The zero-order chi connectivity index (χ0) is 13.9. The Hall–Kier alpha value is -1.23. The molecule has 5 heteroatoms. The van der Waals surface area contributed by atoms with Crippen molar-refractivity contribution >= 4 is 0 Å². The molecule has 0 aliphatic carbocycles. The first-order chi connectivity index (χ1) is 9.02. The van der Waals surface area contributed by atoms with Gasteiger partial charge in [-0.25, -0.2) is 0 Å². The van der Waals surface area contributed by atoms with Gasteiger partial charge in [0.15, 0.2) is 0 Å². The molecule has 1 fully saturated rings. The SMILES string of the molecule is COc1cccc(C(F)(F)F)c1CC1CCCCN1. The summed E-state index contributed by atoms with van der Waals surface area (Å²) in [6.45, 7) is 0.876. The number of hydrogen-bond acceptors (Lipinski definition) is 2. The van der Waals surface area contributed by atoms with Gasteiger partial charge in [0.2, 0.25) is 0 Å². The Morgan fingerprint density at radius 1 is 1.32 bits per heavy atom. The van der Waals surface area contributed by atoms with E-state index in [0.717, 1.165) is 31.9 Å². The van der Waals surface area contributed by atoms with Crippen LogP contribution < -0.4 is 10.1 Å². The lowest BCUT2D eigenvalue weighted by Crippen LogP contribution is -2.36. The van der Waals surface area contributed by atoms with E-state index in [2.05, 4.69) is 5.32 Å². The van der Waals surface area contributed by atoms with E-state index in [1.165, 1.54) is 13.2 Å². The molecule has 0 amide bonds. The maximum Gasteiger partial charge on any atom is 0.416 e. The van der Waals surface area contributed by atoms with Gasteiger partial charge < -0.3 is 10.1 Å². The average molecular weight is 273 g/mol. The molecule has 1 unspecified atom stereocenters. The summed E-state index contributed by atoms with van der Waals surface area (Å²) in [7, 11) is 1.41. The summed E-state index contributed by atoms with van der Waals surface area (Å²) in [6.07, 6.45) is -0.907. The normalized spacial score (nSPS) is 20.3. The largest absolute Gasteiger partial charge is 0.496 e. The van der Waals surface area contributed by atoms with Crippen LogP contribution in [0.2, 0.25) is 0 Å². The standard InChI is InChI=1S/C14H18F3NO/c1-19-13-7-4-6-12(14(15,16)17)11(13)9-10-5-2-3-8-18-10/h4,6-7,10,18H,2-3,5,8-9H2,1H3. The molecule has 1 heterocycles. The molecule has 1 aliphatic rings. The van der Waals surface area contributed by atoms with Crippen LogP contribution in [0, 0.1) is 0 Å². The van der Waals surface area contributed by atoms with Crippen molar-refractivity contribution in [3.8, 4) is 5.75 Å². The first kappa shape index (κ1) is 14.2. The number of ether oxygens (including phenoxy) is 1. The molecular formula is C14H18F3NO. The smallest absolute Gasteiger partial charge is 0.416 e. The molecule has 106 valence electrons. The van der Waals surface area contributed by atoms with E-state index >= 15 is 0 Å². The molecule has 2 nitrogen and oxygen atoms in total. The Morgan fingerprint density at radius 2 is 2.11 bits per heavy atom. The highest BCUT2D eigenvalue weighted by molar-refractivity contribution is 5.42. The summed E-state index contributed by atoms with van der Waals surface area (Å²) in [5.41, 5.74) is -0.323. The zero-order valence-electron chi connectivity index (χ0n) is 10.9. The number of nitrogens with one attached hydrogen (secondary N) is 1. The van der Waals surface area contributed by atoms with Crippen molar-refractivity contribution in [1.29, 1.82) is 0 Å². The summed E-state index contributed by atoms with van der Waals surface area (Å²) in [6, 6.07) is 4.21. The van der Waals surface area contributed by atoms with Crippen LogP contribution in [0.1, 0.15) is 30.4 Å². The number of benzene rings is 1. The molecule has 1 aliphatic heterocycles. The molecule has 0 saturated carbocycles. The van der Waals surface area contributed by atoms with Crippen molar-refractivity contribution in [2.75, 3.05) is 13.7 Å². The van der Waals surface area contributed by atoms with Gasteiger partial charge in [0.25, 0.3) is 0 Å². The van der Waals surface area contributed by atoms with E-state index in [9.17, 15) is 13.2 Å². The van der Waals surface area contributed by atoms with E-state index in [0.29, 0.717) is 12.2 Å². The lowest BCUT2D eigenvalue weighted by atomic mass is 9.94. The van der Waals surface area contributed by atoms with E-state index in [4.69, 9.17) is 4.74 Å². The minimum absolute atomic E-state index is 0.103. The van der Waals surface area contributed by atoms with Crippen LogP contribution in [0.5, 0.6) is 5.75 Å². The topological polar surface area (TPSA) is 21.3 Å². The molecule has 1 atom stereocenters. The predicted molar refractivity (Wildman–Crippen MR) is 67.3 cm³/mol. The van der Waals surface area contributed by atoms with Crippen LogP contribution in [0.4, 0.5) is 13.2 Å². The molecule has 0 spiro atoms. The zero-order valence-corrected chi connectivity index (χ0v) is 10.9. The fourth-order valence-corrected chi connectivity index (χ4v) is 2.58. The monoisotopic (exact) mass is 273 g/mol. The summed E-state index contributed by atoms with van der Waals surface area (Å²) < 4.78 is 44.2. The van der Waals surface area contributed by atoms with E-state index in [-0.39, 0.29) is 11.6 Å².